The average Bonchev–Trinajstić information content (AvgIpc) is 3.03. The zero-order valence-electron chi connectivity index (χ0n) is 26.3. The number of alkyl halides is 6. The fourth-order valence-electron chi connectivity index (χ4n) is 3.93. The third kappa shape index (κ3) is 12.8. The van der Waals surface area contributed by atoms with E-state index in [1.54, 1.807) is 0 Å². The van der Waals surface area contributed by atoms with Gasteiger partial charge in [-0.25, -0.2) is 8.42 Å². The highest BCUT2D eigenvalue weighted by molar-refractivity contribution is 14.1. The Balaban J connectivity index is 0.000000366. The molecule has 0 unspecified atom stereocenters. The molecule has 0 aromatic heterocycles. The van der Waals surface area contributed by atoms with Crippen LogP contribution in [0.3, 0.4) is 0 Å². The summed E-state index contributed by atoms with van der Waals surface area (Å²) in [5.41, 5.74) is -6.05. The van der Waals surface area contributed by atoms with E-state index >= 15 is 0 Å². The van der Waals surface area contributed by atoms with E-state index in [1.807, 2.05) is 11.8 Å². The average molecular weight is 901 g/mol. The lowest BCUT2D eigenvalue weighted by Gasteiger charge is -2.10. The third-order valence-corrected chi connectivity index (χ3v) is 11.8. The van der Waals surface area contributed by atoms with Crippen LogP contribution in [-0.2, 0) is 31.1 Å². The van der Waals surface area contributed by atoms with Gasteiger partial charge in [0, 0.05) is 13.4 Å². The summed E-state index contributed by atoms with van der Waals surface area (Å²) in [4.78, 5) is 6.56. The zero-order chi connectivity index (χ0) is 38.2. The molecule has 17 heteroatoms. The maximum Gasteiger partial charge on any atom is 0.522 e. The quantitative estimate of drug-likeness (QED) is 0.0594. The Labute approximate surface area is 312 Å². The molecule has 0 saturated carbocycles. The fourth-order valence-corrected chi connectivity index (χ4v) is 7.49. The molecule has 0 spiro atoms. The van der Waals surface area contributed by atoms with Gasteiger partial charge in [0.25, 0.3) is 0 Å². The first-order valence-corrected chi connectivity index (χ1v) is 20.1. The summed E-state index contributed by atoms with van der Waals surface area (Å²) in [6, 6.07) is 44.5. The van der Waals surface area contributed by atoms with Crippen LogP contribution in [0.15, 0.2) is 146 Å². The van der Waals surface area contributed by atoms with Crippen molar-refractivity contribution in [2.45, 2.75) is 49.3 Å². The summed E-state index contributed by atoms with van der Waals surface area (Å²) in [6.07, 6.45) is 0. The van der Waals surface area contributed by atoms with Crippen molar-refractivity contribution >= 4 is 65.5 Å². The number of hydrogen-bond acceptors (Lipinski definition) is 6. The Bertz CT molecular complexity index is 2020. The molecule has 0 radical (unpaired) electrons. The van der Waals surface area contributed by atoms with Crippen LogP contribution in [0.5, 0.6) is 0 Å². The van der Waals surface area contributed by atoms with Gasteiger partial charge >= 0.3 is 21.1 Å². The molecular weight excluding hydrogens is 874 g/mol. The van der Waals surface area contributed by atoms with Crippen molar-refractivity contribution in [3.63, 3.8) is 0 Å². The monoisotopic (exact) mass is 900 g/mol. The molecule has 0 aliphatic rings. The van der Waals surface area contributed by atoms with E-state index in [-0.39, 0.29) is 10.9 Å². The van der Waals surface area contributed by atoms with Crippen LogP contribution in [0.2, 0.25) is 0 Å². The molecule has 0 atom stereocenters. The van der Waals surface area contributed by atoms with E-state index in [4.69, 9.17) is 25.9 Å². The van der Waals surface area contributed by atoms with E-state index in [0.29, 0.717) is 0 Å². The second-order valence-electron chi connectivity index (χ2n) is 10.3. The molecule has 51 heavy (non-hydrogen) atoms. The van der Waals surface area contributed by atoms with Crippen molar-refractivity contribution in [3.8, 4) is 11.1 Å². The molecule has 5 aromatic rings. The second-order valence-corrected chi connectivity index (χ2v) is 17.5. The van der Waals surface area contributed by atoms with Gasteiger partial charge in [0.1, 0.15) is 0 Å². The number of benzene rings is 5. The number of hydrogen-bond donors (Lipinski definition) is 1. The minimum absolute atomic E-state index is 0.122. The van der Waals surface area contributed by atoms with Gasteiger partial charge in [-0.3, -0.25) is 4.55 Å². The van der Waals surface area contributed by atoms with Crippen LogP contribution in [0, 0.1) is 17.4 Å². The van der Waals surface area contributed by atoms with Crippen LogP contribution in [-0.4, -0.2) is 37.0 Å². The predicted molar refractivity (Wildman–Crippen MR) is 193 cm³/mol. The molecule has 0 heterocycles. The highest BCUT2D eigenvalue weighted by Crippen LogP contribution is 2.35. The summed E-state index contributed by atoms with van der Waals surface area (Å²) in [6.45, 7) is 4.29. The minimum atomic E-state index is -6.09. The van der Waals surface area contributed by atoms with Gasteiger partial charge in [-0.1, -0.05) is 77.5 Å². The fraction of sp³-hybridized carbons (Fsp3) is 0.118. The summed E-state index contributed by atoms with van der Waals surface area (Å²) in [7, 11) is -12.1. The van der Waals surface area contributed by atoms with Gasteiger partial charge in [0.2, 0.25) is 0 Å². The Kier molecular flexibility index (Phi) is 14.6. The Morgan fingerprint density at radius 2 is 0.941 bits per heavy atom. The van der Waals surface area contributed by atoms with Gasteiger partial charge < -0.3 is 4.55 Å². The van der Waals surface area contributed by atoms with Crippen molar-refractivity contribution in [1.82, 2.24) is 0 Å². The first kappa shape index (κ1) is 42.3. The molecule has 5 rings (SSSR count). The topological polar surface area (TPSA) is 112 Å². The molecule has 5 aromatic carbocycles. The molecule has 272 valence electrons. The van der Waals surface area contributed by atoms with Gasteiger partial charge in [-0.05, 0) is 114 Å². The predicted octanol–water partition coefficient (Wildman–Crippen LogP) is 10.3. The Morgan fingerprint density at radius 1 is 0.608 bits per heavy atom. The van der Waals surface area contributed by atoms with Gasteiger partial charge in [-0.2, -0.15) is 34.8 Å². The molecule has 0 saturated heterocycles. The molecule has 0 amide bonds. The normalized spacial score (nSPS) is 12.0. The lowest BCUT2D eigenvalue weighted by Crippen LogP contribution is -2.21. The third-order valence-electron chi connectivity index (χ3n) is 6.42. The van der Waals surface area contributed by atoms with Crippen molar-refractivity contribution in [2.24, 2.45) is 0 Å². The van der Waals surface area contributed by atoms with Gasteiger partial charge in [0.05, 0.1) is 10.9 Å². The van der Waals surface area contributed by atoms with Crippen LogP contribution >= 0.6 is 34.4 Å². The Hall–Kier alpha value is -3.07. The smallest absolute Gasteiger partial charge is 0.522 e. The van der Waals surface area contributed by atoms with E-state index in [0.717, 1.165) is 0 Å². The number of aryl methyl sites for hydroxylation is 2. The molecule has 0 bridgehead atoms. The number of halogens is 7. The first-order chi connectivity index (χ1) is 23.6. The number of rotatable bonds is 6. The molecule has 0 fully saturated rings. The van der Waals surface area contributed by atoms with E-state index in [2.05, 4.69) is 158 Å². The van der Waals surface area contributed by atoms with Crippen molar-refractivity contribution < 1.29 is 52.3 Å². The lowest BCUT2D eigenvalue weighted by atomic mass is 10.1. The van der Waals surface area contributed by atoms with Crippen LogP contribution in [0.25, 0.3) is 11.1 Å². The lowest BCUT2D eigenvalue weighted by molar-refractivity contribution is -0.0519. The molecule has 6 nitrogen and oxygen atoms in total. The largest absolute Gasteiger partial charge is 0.741 e. The first-order valence-electron chi connectivity index (χ1n) is 14.1. The zero-order valence-corrected chi connectivity index (χ0v) is 31.7. The van der Waals surface area contributed by atoms with Crippen LogP contribution < -0.4 is 0 Å². The molecule has 0 aliphatic carbocycles. The molecule has 0 aliphatic heterocycles. The SMILES string of the molecule is Cc1ccc([S+](c2ccc(C)cc2)c2ccc(Sc3ccc(-c4ccccc4I)cc3)cc2)cc1.O=S(=O)(O)C(F)(F)F.O=S(=O)([O-])C(F)(F)F. The minimum Gasteiger partial charge on any atom is -0.741 e. The highest BCUT2D eigenvalue weighted by atomic mass is 127. The van der Waals surface area contributed by atoms with Crippen LogP contribution in [0.1, 0.15) is 11.1 Å². The van der Waals surface area contributed by atoms with Crippen molar-refractivity contribution in [2.75, 3.05) is 0 Å². The van der Waals surface area contributed by atoms with Crippen molar-refractivity contribution in [3.05, 3.63) is 136 Å². The summed E-state index contributed by atoms with van der Waals surface area (Å²) >= 11 is 4.22. The van der Waals surface area contributed by atoms with E-state index in [9.17, 15) is 26.3 Å². The van der Waals surface area contributed by atoms with Gasteiger partial charge in [-0.15, -0.1) is 0 Å². The maximum atomic E-state index is 10.7. The Morgan fingerprint density at radius 3 is 1.27 bits per heavy atom. The summed E-state index contributed by atoms with van der Waals surface area (Å²) in [5, 5.41) is 0. The summed E-state index contributed by atoms with van der Waals surface area (Å²) < 4.78 is 118. The maximum absolute atomic E-state index is 10.7. The molecular formula is C34H27F6IO6S4. The van der Waals surface area contributed by atoms with Gasteiger partial charge in [0.15, 0.2) is 24.8 Å². The molecule has 1 N–H and O–H groups in total. The van der Waals surface area contributed by atoms with Crippen LogP contribution in [0.4, 0.5) is 26.3 Å². The second kappa shape index (κ2) is 17.6. The van der Waals surface area contributed by atoms with E-state index in [1.165, 1.54) is 50.3 Å². The summed E-state index contributed by atoms with van der Waals surface area (Å²) in [5.74, 6) is 0. The van der Waals surface area contributed by atoms with Crippen molar-refractivity contribution in [1.29, 1.82) is 0 Å². The standard InChI is InChI=1S/C32H26IS2.2CHF3O3S/c1-23-7-17-28(18-8-23)35(29-19-9-24(2)10-20-29)30-21-15-27(16-22-30)34-26-13-11-25(12-14-26)31-5-3-4-6-32(31)33;2*2-1(3,4)8(5,6)7/h3-22H,1-2H3;2*(H,5,6,7)/q+1;;/p-1. The highest BCUT2D eigenvalue weighted by Gasteiger charge is 2.44. The van der Waals surface area contributed by atoms with E-state index < -0.39 is 31.3 Å².